The molecule has 0 saturated heterocycles. The Labute approximate surface area is 241 Å². The third-order valence-corrected chi connectivity index (χ3v) is 8.01. The number of nitrogens with one attached hydrogen (secondary N) is 1. The van der Waals surface area contributed by atoms with E-state index in [1.54, 1.807) is 4.90 Å². The number of rotatable bonds is 11. The van der Waals surface area contributed by atoms with Gasteiger partial charge in [0.2, 0.25) is 5.91 Å². The average Bonchev–Trinajstić information content (AvgIpc) is 2.95. The van der Waals surface area contributed by atoms with Gasteiger partial charge in [0, 0.05) is 19.0 Å². The van der Waals surface area contributed by atoms with Crippen LogP contribution in [0.3, 0.4) is 0 Å². The highest BCUT2D eigenvalue weighted by molar-refractivity contribution is 9.10. The fraction of sp³-hybridized carbons (Fsp3) is 0.394. The number of benzene rings is 3. The Morgan fingerprint density at radius 1 is 0.923 bits per heavy atom. The van der Waals surface area contributed by atoms with Gasteiger partial charge in [-0.05, 0) is 63.5 Å². The Bertz CT molecular complexity index is 1210. The predicted molar refractivity (Wildman–Crippen MR) is 160 cm³/mol. The van der Waals surface area contributed by atoms with Crippen LogP contribution in [-0.2, 0) is 22.6 Å². The third-order valence-electron chi connectivity index (χ3n) is 7.39. The van der Waals surface area contributed by atoms with Crippen molar-refractivity contribution < 1.29 is 14.3 Å². The Morgan fingerprint density at radius 3 is 2.18 bits per heavy atom. The van der Waals surface area contributed by atoms with Gasteiger partial charge in [-0.3, -0.25) is 9.59 Å². The molecule has 0 radical (unpaired) electrons. The van der Waals surface area contributed by atoms with Crippen molar-refractivity contribution in [1.29, 1.82) is 0 Å². The lowest BCUT2D eigenvalue weighted by atomic mass is 9.94. The first-order valence-electron chi connectivity index (χ1n) is 14.0. The van der Waals surface area contributed by atoms with Crippen molar-refractivity contribution >= 4 is 27.7 Å². The molecule has 3 aromatic carbocycles. The fourth-order valence-corrected chi connectivity index (χ4v) is 5.61. The number of halogens is 1. The summed E-state index contributed by atoms with van der Waals surface area (Å²) in [4.78, 5) is 29.4. The number of amides is 2. The van der Waals surface area contributed by atoms with Gasteiger partial charge in [-0.15, -0.1) is 0 Å². The summed E-state index contributed by atoms with van der Waals surface area (Å²) in [6.07, 6.45) is 5.87. The van der Waals surface area contributed by atoms with Crippen molar-refractivity contribution in [2.24, 2.45) is 0 Å². The van der Waals surface area contributed by atoms with Crippen LogP contribution >= 0.6 is 15.9 Å². The van der Waals surface area contributed by atoms with Crippen LogP contribution in [0.25, 0.3) is 0 Å². The highest BCUT2D eigenvalue weighted by atomic mass is 79.9. The molecular weight excluding hydrogens is 552 g/mol. The summed E-state index contributed by atoms with van der Waals surface area (Å²) in [5.41, 5.74) is 3.17. The number of nitrogens with zero attached hydrogens (tertiary/aromatic N) is 1. The van der Waals surface area contributed by atoms with Crippen molar-refractivity contribution in [3.8, 4) is 5.75 Å². The van der Waals surface area contributed by atoms with Crippen LogP contribution in [0.4, 0.5) is 0 Å². The van der Waals surface area contributed by atoms with Gasteiger partial charge >= 0.3 is 0 Å². The number of carbonyl (C=O) groups is 2. The molecule has 6 heteroatoms. The van der Waals surface area contributed by atoms with Gasteiger partial charge in [0.05, 0.1) is 4.47 Å². The molecule has 1 aliphatic carbocycles. The van der Waals surface area contributed by atoms with Gasteiger partial charge in [-0.25, -0.2) is 0 Å². The molecule has 0 spiro atoms. The van der Waals surface area contributed by atoms with E-state index in [0.717, 1.165) is 41.3 Å². The molecule has 206 valence electrons. The van der Waals surface area contributed by atoms with E-state index in [4.69, 9.17) is 4.74 Å². The van der Waals surface area contributed by atoms with Crippen LogP contribution in [0, 0.1) is 0 Å². The summed E-state index contributed by atoms with van der Waals surface area (Å²) in [5.74, 6) is 0.675. The van der Waals surface area contributed by atoms with Crippen LogP contribution in [0.1, 0.15) is 68.6 Å². The molecular formula is C33H39BrN2O3. The van der Waals surface area contributed by atoms with Gasteiger partial charge in [0.25, 0.3) is 5.91 Å². The molecule has 0 aliphatic heterocycles. The molecule has 0 unspecified atom stereocenters. The molecule has 39 heavy (non-hydrogen) atoms. The monoisotopic (exact) mass is 590 g/mol. The molecule has 1 fully saturated rings. The van der Waals surface area contributed by atoms with Crippen LogP contribution in [0.15, 0.2) is 83.3 Å². The highest BCUT2D eigenvalue weighted by Gasteiger charge is 2.32. The van der Waals surface area contributed by atoms with E-state index in [2.05, 4.69) is 35.1 Å². The van der Waals surface area contributed by atoms with E-state index in [9.17, 15) is 9.59 Å². The second-order valence-electron chi connectivity index (χ2n) is 10.7. The van der Waals surface area contributed by atoms with Gasteiger partial charge in [0.1, 0.15) is 11.8 Å². The van der Waals surface area contributed by atoms with Crippen molar-refractivity contribution in [1.82, 2.24) is 10.2 Å². The number of carbonyl (C=O) groups excluding carboxylic acids is 2. The average molecular weight is 592 g/mol. The molecule has 3 aromatic rings. The smallest absolute Gasteiger partial charge is 0.261 e. The Hall–Kier alpha value is -3.12. The zero-order chi connectivity index (χ0) is 27.6. The molecule has 1 saturated carbocycles. The maximum Gasteiger partial charge on any atom is 0.261 e. The first-order valence-corrected chi connectivity index (χ1v) is 14.8. The van der Waals surface area contributed by atoms with Crippen molar-refractivity contribution in [3.05, 3.63) is 100 Å². The minimum Gasteiger partial charge on any atom is -0.483 e. The maximum atomic E-state index is 13.8. The first kappa shape index (κ1) is 28.9. The summed E-state index contributed by atoms with van der Waals surface area (Å²) in [7, 11) is 0. The second-order valence-corrected chi connectivity index (χ2v) is 11.5. The largest absolute Gasteiger partial charge is 0.483 e. The zero-order valence-electron chi connectivity index (χ0n) is 22.9. The molecule has 5 nitrogen and oxygen atoms in total. The van der Waals surface area contributed by atoms with Gasteiger partial charge in [-0.1, -0.05) is 99.8 Å². The standard InChI is InChI=1S/C33H39BrN2O3/c1-24(2)27-18-19-31(29(34)21-27)39-23-32(37)36(22-26-14-8-4-9-15-26)30(20-25-12-6-3-7-13-25)33(38)35-28-16-10-5-11-17-28/h3-4,6-9,12-15,18-19,21,24,28,30H,5,10-11,16-17,20,22-23H2,1-2H3,(H,35,38)/t30-/m0/s1. The number of hydrogen-bond donors (Lipinski definition) is 1. The minimum atomic E-state index is -0.655. The molecule has 1 N–H and O–H groups in total. The Balaban J connectivity index is 1.59. The second kappa shape index (κ2) is 14.3. The van der Waals surface area contributed by atoms with Crippen molar-refractivity contribution in [2.75, 3.05) is 6.61 Å². The molecule has 0 bridgehead atoms. The molecule has 0 heterocycles. The van der Waals surface area contributed by atoms with Crippen molar-refractivity contribution in [3.63, 3.8) is 0 Å². The number of hydrogen-bond acceptors (Lipinski definition) is 3. The summed E-state index contributed by atoms with van der Waals surface area (Å²) in [6, 6.07) is 25.2. The third kappa shape index (κ3) is 8.43. The molecule has 0 aromatic heterocycles. The first-order chi connectivity index (χ1) is 18.9. The maximum absolute atomic E-state index is 13.8. The van der Waals surface area contributed by atoms with Crippen LogP contribution in [-0.4, -0.2) is 35.4 Å². The van der Waals surface area contributed by atoms with Crippen LogP contribution < -0.4 is 10.1 Å². The quantitative estimate of drug-likeness (QED) is 0.260. The normalized spacial score (nSPS) is 14.6. The van der Waals surface area contributed by atoms with E-state index in [0.29, 0.717) is 24.6 Å². The summed E-state index contributed by atoms with van der Waals surface area (Å²) in [5, 5.41) is 3.28. The molecule has 1 aliphatic rings. The lowest BCUT2D eigenvalue weighted by molar-refractivity contribution is -0.143. The van der Waals surface area contributed by atoms with Gasteiger partial charge in [0.15, 0.2) is 6.61 Å². The van der Waals surface area contributed by atoms with E-state index >= 15 is 0 Å². The molecule has 4 rings (SSSR count). The Kier molecular flexibility index (Phi) is 10.6. The summed E-state index contributed by atoms with van der Waals surface area (Å²) in [6.45, 7) is 4.44. The molecule has 2 amide bonds. The highest BCUT2D eigenvalue weighted by Crippen LogP contribution is 2.29. The van der Waals surface area contributed by atoms with E-state index in [1.165, 1.54) is 12.0 Å². The Morgan fingerprint density at radius 2 is 1.56 bits per heavy atom. The predicted octanol–water partition coefficient (Wildman–Crippen LogP) is 7.04. The summed E-state index contributed by atoms with van der Waals surface area (Å²) < 4.78 is 6.82. The fourth-order valence-electron chi connectivity index (χ4n) is 5.09. The van der Waals surface area contributed by atoms with Gasteiger partial charge in [-0.2, -0.15) is 0 Å². The molecule has 1 atom stereocenters. The lowest BCUT2D eigenvalue weighted by Crippen LogP contribution is -2.53. The van der Waals surface area contributed by atoms with E-state index in [1.807, 2.05) is 78.9 Å². The summed E-state index contributed by atoms with van der Waals surface area (Å²) >= 11 is 3.59. The van der Waals surface area contributed by atoms with Crippen LogP contribution in [0.2, 0.25) is 0 Å². The van der Waals surface area contributed by atoms with Crippen molar-refractivity contribution in [2.45, 2.75) is 76.9 Å². The zero-order valence-corrected chi connectivity index (χ0v) is 24.5. The SMILES string of the molecule is CC(C)c1ccc(OCC(=O)N(Cc2ccccc2)[C@@H](Cc2ccccc2)C(=O)NC2CCCCC2)c(Br)c1. The van der Waals surface area contributed by atoms with E-state index < -0.39 is 6.04 Å². The minimum absolute atomic E-state index is 0.0995. The van der Waals surface area contributed by atoms with Gasteiger partial charge < -0.3 is 15.0 Å². The van der Waals surface area contributed by atoms with E-state index in [-0.39, 0.29) is 24.5 Å². The lowest BCUT2D eigenvalue weighted by Gasteiger charge is -2.33. The van der Waals surface area contributed by atoms with Crippen LogP contribution in [0.5, 0.6) is 5.75 Å². The topological polar surface area (TPSA) is 58.6 Å². The number of ether oxygens (including phenoxy) is 1.